The topological polar surface area (TPSA) is 77.8 Å². The number of benzene rings is 1. The molecule has 3 N–H and O–H groups in total. The van der Waals surface area contributed by atoms with E-state index in [4.69, 9.17) is 15.3 Å². The van der Waals surface area contributed by atoms with Crippen LogP contribution in [0.4, 0.5) is 0 Å². The normalized spacial score (nSPS) is 11.5. The maximum absolute atomic E-state index is 10.9. The predicted molar refractivity (Wildman–Crippen MR) is 65.6 cm³/mol. The summed E-state index contributed by atoms with van der Waals surface area (Å²) in [4.78, 5) is 10.9. The summed E-state index contributed by atoms with van der Waals surface area (Å²) in [5.41, 5.74) is 1.36. The van der Waals surface area contributed by atoms with Gasteiger partial charge < -0.3 is 15.3 Å². The number of carbonyl (C=O) groups is 1. The van der Waals surface area contributed by atoms with Gasteiger partial charge in [0.25, 0.3) is 0 Å². The van der Waals surface area contributed by atoms with Crippen molar-refractivity contribution in [3.05, 3.63) is 34.9 Å². The number of carboxylic acid groups (broad SMARTS) is 1. The molecule has 0 atom stereocenters. The van der Waals surface area contributed by atoms with Crippen LogP contribution < -0.4 is 0 Å². The molecule has 0 aromatic heterocycles. The van der Waals surface area contributed by atoms with Crippen molar-refractivity contribution in [3.63, 3.8) is 0 Å². The van der Waals surface area contributed by atoms with Crippen molar-refractivity contribution in [2.24, 2.45) is 0 Å². The number of rotatable bonds is 4. The Morgan fingerprint density at radius 2 is 1.75 bits per heavy atom. The van der Waals surface area contributed by atoms with E-state index in [1.165, 1.54) is 12.1 Å². The Morgan fingerprint density at radius 1 is 1.19 bits per heavy atom. The molecule has 0 aliphatic heterocycles. The summed E-state index contributed by atoms with van der Waals surface area (Å²) in [6, 6.07) is 4.53. The first kappa shape index (κ1) is 13.4. The molecule has 0 fully saturated rings. The zero-order valence-electron chi connectivity index (χ0n) is 8.29. The van der Waals surface area contributed by atoms with E-state index in [9.17, 15) is 4.79 Å². The number of aliphatic hydroxyl groups excluding tert-OH is 2. The third-order valence-electron chi connectivity index (χ3n) is 2.25. The number of aliphatic carboxylic acids is 1. The van der Waals surface area contributed by atoms with Gasteiger partial charge in [-0.3, -0.25) is 0 Å². The van der Waals surface area contributed by atoms with E-state index in [0.717, 1.165) is 0 Å². The highest BCUT2D eigenvalue weighted by molar-refractivity contribution is 8.01. The lowest BCUT2D eigenvalue weighted by Crippen LogP contribution is -2.23. The molecule has 0 saturated carbocycles. The lowest BCUT2D eigenvalue weighted by Gasteiger charge is -2.19. The molecule has 0 bridgehead atoms. The highest BCUT2D eigenvalue weighted by Crippen LogP contribution is 2.34. The van der Waals surface area contributed by atoms with Crippen molar-refractivity contribution >= 4 is 31.2 Å². The molecule has 0 heterocycles. The number of aliphatic hydroxyl groups is 2. The van der Waals surface area contributed by atoms with E-state index in [2.05, 4.69) is 25.3 Å². The van der Waals surface area contributed by atoms with Gasteiger partial charge in [-0.2, -0.15) is 0 Å². The second-order valence-electron chi connectivity index (χ2n) is 3.28. The smallest absolute Gasteiger partial charge is 0.334 e. The number of hydrogen-bond donors (Lipinski definition) is 5. The van der Waals surface area contributed by atoms with Crippen LogP contribution in [-0.4, -0.2) is 21.3 Å². The van der Waals surface area contributed by atoms with Gasteiger partial charge in [0.05, 0.1) is 13.2 Å². The summed E-state index contributed by atoms with van der Waals surface area (Å²) >= 11 is 7.88. The average molecular weight is 260 g/mol. The van der Waals surface area contributed by atoms with Gasteiger partial charge >= 0.3 is 5.97 Å². The molecule has 0 unspecified atom stereocenters. The second-order valence-corrected chi connectivity index (χ2v) is 4.97. The van der Waals surface area contributed by atoms with Crippen LogP contribution in [-0.2, 0) is 22.1 Å². The van der Waals surface area contributed by atoms with Crippen molar-refractivity contribution < 1.29 is 20.1 Å². The van der Waals surface area contributed by atoms with Crippen LogP contribution in [0.25, 0.3) is 0 Å². The maximum Gasteiger partial charge on any atom is 0.334 e. The zero-order valence-corrected chi connectivity index (χ0v) is 10.1. The van der Waals surface area contributed by atoms with E-state index in [1.54, 1.807) is 6.07 Å². The Morgan fingerprint density at radius 3 is 2.19 bits per heavy atom. The van der Waals surface area contributed by atoms with E-state index in [1.807, 2.05) is 0 Å². The highest BCUT2D eigenvalue weighted by Gasteiger charge is 2.32. The molecule has 1 aromatic carbocycles. The largest absolute Gasteiger partial charge is 0.479 e. The van der Waals surface area contributed by atoms with Crippen molar-refractivity contribution in [1.82, 2.24) is 0 Å². The molecule has 0 saturated heterocycles. The fraction of sp³-hybridized carbons (Fsp3) is 0.300. The predicted octanol–water partition coefficient (Wildman–Crippen LogP) is 0.768. The first-order valence-electron chi connectivity index (χ1n) is 4.45. The Kier molecular flexibility index (Phi) is 4.26. The fourth-order valence-corrected chi connectivity index (χ4v) is 1.55. The van der Waals surface area contributed by atoms with Crippen molar-refractivity contribution in [2.45, 2.75) is 17.3 Å². The van der Waals surface area contributed by atoms with E-state index in [-0.39, 0.29) is 13.2 Å². The summed E-state index contributed by atoms with van der Waals surface area (Å²) in [5, 5.41) is 27.0. The van der Waals surface area contributed by atoms with Crippen LogP contribution in [0.2, 0.25) is 0 Å². The molecule has 16 heavy (non-hydrogen) atoms. The van der Waals surface area contributed by atoms with E-state index >= 15 is 0 Å². The third-order valence-corrected chi connectivity index (χ3v) is 3.15. The average Bonchev–Trinajstić information content (AvgIpc) is 2.27. The minimum atomic E-state index is -1.61. The van der Waals surface area contributed by atoms with Crippen molar-refractivity contribution in [1.29, 1.82) is 0 Å². The van der Waals surface area contributed by atoms with Gasteiger partial charge in [0, 0.05) is 0 Å². The first-order valence-corrected chi connectivity index (χ1v) is 5.35. The molecule has 0 radical (unpaired) electrons. The Hall–Kier alpha value is -0.690. The number of thiol groups is 2. The van der Waals surface area contributed by atoms with Gasteiger partial charge in [0.15, 0.2) is 4.08 Å². The molecular formula is C10H12O4S2. The molecule has 6 heteroatoms. The van der Waals surface area contributed by atoms with Crippen molar-refractivity contribution in [2.75, 3.05) is 0 Å². The van der Waals surface area contributed by atoms with Gasteiger partial charge in [-0.1, -0.05) is 18.2 Å². The number of hydrogen-bond acceptors (Lipinski definition) is 5. The molecule has 0 spiro atoms. The van der Waals surface area contributed by atoms with Gasteiger partial charge in [0.2, 0.25) is 0 Å². The van der Waals surface area contributed by atoms with Gasteiger partial charge in [-0.05, 0) is 16.7 Å². The first-order chi connectivity index (χ1) is 7.43. The third kappa shape index (κ3) is 2.52. The molecule has 1 rings (SSSR count). The van der Waals surface area contributed by atoms with Gasteiger partial charge in [-0.15, -0.1) is 25.3 Å². The SMILES string of the molecule is O=C(O)C(S)(S)c1ccc(CO)c(CO)c1. The second kappa shape index (κ2) is 5.09. The summed E-state index contributed by atoms with van der Waals surface area (Å²) in [5.74, 6) is -1.19. The molecule has 88 valence electrons. The van der Waals surface area contributed by atoms with Crippen molar-refractivity contribution in [3.8, 4) is 0 Å². The summed E-state index contributed by atoms with van der Waals surface area (Å²) in [7, 11) is 0. The summed E-state index contributed by atoms with van der Waals surface area (Å²) in [6.45, 7) is -0.490. The molecule has 4 nitrogen and oxygen atoms in total. The molecule has 1 aromatic rings. The minimum Gasteiger partial charge on any atom is -0.479 e. The summed E-state index contributed by atoms with van der Waals surface area (Å²) in [6.07, 6.45) is 0. The number of carboxylic acids is 1. The quantitative estimate of drug-likeness (QED) is 0.409. The fourth-order valence-electron chi connectivity index (χ4n) is 1.27. The van der Waals surface area contributed by atoms with Crippen LogP contribution in [0.5, 0.6) is 0 Å². The Bertz CT molecular complexity index is 404. The van der Waals surface area contributed by atoms with E-state index in [0.29, 0.717) is 16.7 Å². The van der Waals surface area contributed by atoms with Gasteiger partial charge in [-0.25, -0.2) is 4.79 Å². The standard InChI is InChI=1S/C10H12O4S2/c11-4-6-1-2-8(3-7(6)5-12)10(15,16)9(13)14/h1-3,11-12,15-16H,4-5H2,(H,13,14). The van der Waals surface area contributed by atoms with Crippen LogP contribution in [0.3, 0.4) is 0 Å². The minimum absolute atomic E-state index is 0.213. The highest BCUT2D eigenvalue weighted by atomic mass is 32.2. The van der Waals surface area contributed by atoms with Crippen LogP contribution in [0.15, 0.2) is 18.2 Å². The Labute approximate surface area is 104 Å². The Balaban J connectivity index is 3.23. The van der Waals surface area contributed by atoms with Crippen LogP contribution in [0, 0.1) is 0 Å². The van der Waals surface area contributed by atoms with Gasteiger partial charge in [0.1, 0.15) is 0 Å². The lowest BCUT2D eigenvalue weighted by molar-refractivity contribution is -0.137. The molecule has 0 amide bonds. The van der Waals surface area contributed by atoms with E-state index < -0.39 is 10.0 Å². The van der Waals surface area contributed by atoms with Crippen LogP contribution in [0.1, 0.15) is 16.7 Å². The molecular weight excluding hydrogens is 248 g/mol. The van der Waals surface area contributed by atoms with Crippen LogP contribution >= 0.6 is 25.3 Å². The lowest BCUT2D eigenvalue weighted by atomic mass is 10.0. The summed E-state index contributed by atoms with van der Waals surface area (Å²) < 4.78 is -1.61. The zero-order chi connectivity index (χ0) is 12.3. The maximum atomic E-state index is 10.9. The molecule has 0 aliphatic rings. The molecule has 0 aliphatic carbocycles. The monoisotopic (exact) mass is 260 g/mol.